The third-order valence-electron chi connectivity index (χ3n) is 5.80. The van der Waals surface area contributed by atoms with Gasteiger partial charge in [0.15, 0.2) is 0 Å². The molecule has 154 valence electrons. The summed E-state index contributed by atoms with van der Waals surface area (Å²) in [5.41, 5.74) is 1.99. The zero-order valence-electron chi connectivity index (χ0n) is 17.2. The van der Waals surface area contributed by atoms with Crippen molar-refractivity contribution in [3.8, 4) is 5.75 Å². The highest BCUT2D eigenvalue weighted by Crippen LogP contribution is 2.33. The van der Waals surface area contributed by atoms with Gasteiger partial charge in [-0.2, -0.15) is 0 Å². The average molecular weight is 406 g/mol. The summed E-state index contributed by atoms with van der Waals surface area (Å²) in [7, 11) is 1.71. The lowest BCUT2D eigenvalue weighted by Gasteiger charge is -2.42. The molecule has 1 aliphatic rings. The van der Waals surface area contributed by atoms with Gasteiger partial charge in [-0.3, -0.25) is 4.79 Å². The fourth-order valence-corrected chi connectivity index (χ4v) is 4.07. The first-order valence-electron chi connectivity index (χ1n) is 9.94. The second-order valence-electron chi connectivity index (χ2n) is 7.90. The molecular formula is C23H23FN4O2. The summed E-state index contributed by atoms with van der Waals surface area (Å²) in [6.45, 7) is 12.2. The second kappa shape index (κ2) is 7.79. The maximum Gasteiger partial charge on any atom is 0.270 e. The third kappa shape index (κ3) is 3.61. The number of fused-ring (bicyclic) bond motifs is 1. The number of halogens is 1. The van der Waals surface area contributed by atoms with Crippen molar-refractivity contribution in [2.45, 2.75) is 32.4 Å². The number of rotatable bonds is 3. The molecule has 3 heterocycles. The van der Waals surface area contributed by atoms with Crippen LogP contribution in [0.1, 0.15) is 20.3 Å². The molecule has 3 aromatic rings. The molecular weight excluding hydrogens is 383 g/mol. The van der Waals surface area contributed by atoms with Crippen molar-refractivity contribution in [3.05, 3.63) is 70.1 Å². The molecule has 1 aliphatic heterocycles. The topological polar surface area (TPSA) is 51.7 Å². The number of hydrogen-bond acceptors (Lipinski definition) is 4. The fourth-order valence-electron chi connectivity index (χ4n) is 4.07. The molecule has 0 bridgehead atoms. The van der Waals surface area contributed by atoms with Crippen LogP contribution in [0.15, 0.2) is 47.3 Å². The molecule has 0 aliphatic carbocycles. The van der Waals surface area contributed by atoms with E-state index in [0.717, 1.165) is 12.1 Å². The standard InChI is InChI=1S/C23H23FN4O2/c1-14-13-28(15(2)11-20(14)30-17-7-5-16(24)6-8-17)19-12-22(29)27(4)18-9-10-21(25-3)26-23(18)19/h5-10,12,14-15,20H,11,13H2,1-2,4H3/t14-,15-,20+/m0/s1. The van der Waals surface area contributed by atoms with E-state index >= 15 is 0 Å². The highest BCUT2D eigenvalue weighted by molar-refractivity contribution is 5.89. The van der Waals surface area contributed by atoms with Crippen LogP contribution in [0.2, 0.25) is 0 Å². The Morgan fingerprint density at radius 3 is 2.63 bits per heavy atom. The lowest BCUT2D eigenvalue weighted by Crippen LogP contribution is -2.50. The van der Waals surface area contributed by atoms with Crippen molar-refractivity contribution in [1.82, 2.24) is 9.55 Å². The minimum Gasteiger partial charge on any atom is -0.490 e. The van der Waals surface area contributed by atoms with E-state index < -0.39 is 0 Å². The first-order valence-corrected chi connectivity index (χ1v) is 9.94. The summed E-state index contributed by atoms with van der Waals surface area (Å²) in [6.07, 6.45) is 0.726. The zero-order chi connectivity index (χ0) is 21.4. The summed E-state index contributed by atoms with van der Waals surface area (Å²) >= 11 is 0. The number of hydrogen-bond donors (Lipinski definition) is 0. The van der Waals surface area contributed by atoms with E-state index in [9.17, 15) is 9.18 Å². The molecule has 0 amide bonds. The van der Waals surface area contributed by atoms with Crippen LogP contribution in [0.25, 0.3) is 15.9 Å². The zero-order valence-corrected chi connectivity index (χ0v) is 17.2. The van der Waals surface area contributed by atoms with Gasteiger partial charge >= 0.3 is 0 Å². The van der Waals surface area contributed by atoms with E-state index in [1.807, 2.05) is 0 Å². The van der Waals surface area contributed by atoms with Gasteiger partial charge in [-0.25, -0.2) is 4.39 Å². The van der Waals surface area contributed by atoms with Crippen LogP contribution in [0.4, 0.5) is 15.9 Å². The van der Waals surface area contributed by atoms with Gasteiger partial charge in [-0.15, -0.1) is 4.98 Å². The first kappa shape index (κ1) is 19.9. The summed E-state index contributed by atoms with van der Waals surface area (Å²) in [5, 5.41) is 0. The van der Waals surface area contributed by atoms with E-state index in [0.29, 0.717) is 29.1 Å². The Kier molecular flexibility index (Phi) is 5.17. The number of pyridine rings is 2. The highest BCUT2D eigenvalue weighted by atomic mass is 19.1. The van der Waals surface area contributed by atoms with Crippen LogP contribution in [0.3, 0.4) is 0 Å². The van der Waals surface area contributed by atoms with Gasteiger partial charge in [0, 0.05) is 38.0 Å². The molecule has 0 saturated carbocycles. The van der Waals surface area contributed by atoms with Gasteiger partial charge in [0.05, 0.1) is 11.2 Å². The van der Waals surface area contributed by atoms with Crippen molar-refractivity contribution in [2.24, 2.45) is 13.0 Å². The monoisotopic (exact) mass is 406 g/mol. The third-order valence-corrected chi connectivity index (χ3v) is 5.80. The van der Waals surface area contributed by atoms with Crippen molar-refractivity contribution in [1.29, 1.82) is 0 Å². The molecule has 1 saturated heterocycles. The molecule has 2 aromatic heterocycles. The molecule has 0 N–H and O–H groups in total. The first-order chi connectivity index (χ1) is 14.4. The number of piperidine rings is 1. The van der Waals surface area contributed by atoms with Crippen molar-refractivity contribution < 1.29 is 9.13 Å². The molecule has 6 nitrogen and oxygen atoms in total. The Labute approximate surface area is 174 Å². The maximum atomic E-state index is 13.2. The smallest absolute Gasteiger partial charge is 0.270 e. The highest BCUT2D eigenvalue weighted by Gasteiger charge is 2.34. The molecule has 7 heteroatoms. The minimum absolute atomic E-state index is 0.0220. The van der Waals surface area contributed by atoms with Gasteiger partial charge in [-0.1, -0.05) is 13.5 Å². The van der Waals surface area contributed by atoms with E-state index in [1.54, 1.807) is 41.9 Å². The van der Waals surface area contributed by atoms with Gasteiger partial charge in [0.25, 0.3) is 11.4 Å². The molecule has 0 unspecified atom stereocenters. The molecule has 3 atom stereocenters. The van der Waals surface area contributed by atoms with E-state index in [1.165, 1.54) is 12.1 Å². The Hall–Kier alpha value is -3.40. The SMILES string of the molecule is [C-]#[N+]c1ccc2c(n1)c(N1C[C@H](C)[C@H](Oc3ccc(F)cc3)C[C@@H]1C)cc(=O)n2C. The molecule has 1 fully saturated rings. The Morgan fingerprint density at radius 2 is 1.93 bits per heavy atom. The van der Waals surface area contributed by atoms with Crippen LogP contribution in [0, 0.1) is 18.3 Å². The largest absolute Gasteiger partial charge is 0.490 e. The summed E-state index contributed by atoms with van der Waals surface area (Å²) in [4.78, 5) is 22.7. The number of aromatic nitrogens is 2. The minimum atomic E-state index is -0.289. The van der Waals surface area contributed by atoms with E-state index in [4.69, 9.17) is 11.3 Å². The van der Waals surface area contributed by atoms with Gasteiger partial charge in [0.1, 0.15) is 17.7 Å². The van der Waals surface area contributed by atoms with E-state index in [-0.39, 0.29) is 29.4 Å². The van der Waals surface area contributed by atoms with Gasteiger partial charge in [0.2, 0.25) is 5.52 Å². The fraction of sp³-hybridized carbons (Fsp3) is 0.348. The van der Waals surface area contributed by atoms with Crippen LogP contribution >= 0.6 is 0 Å². The Balaban J connectivity index is 1.66. The van der Waals surface area contributed by atoms with Crippen molar-refractivity contribution in [2.75, 3.05) is 11.4 Å². The van der Waals surface area contributed by atoms with Crippen LogP contribution < -0.4 is 15.2 Å². The van der Waals surface area contributed by atoms with Gasteiger partial charge in [-0.05, 0) is 43.3 Å². The quantitative estimate of drug-likeness (QED) is 0.609. The maximum absolute atomic E-state index is 13.2. The number of anilines is 1. The predicted molar refractivity (Wildman–Crippen MR) is 115 cm³/mol. The van der Waals surface area contributed by atoms with E-state index in [2.05, 4.69) is 28.6 Å². The molecule has 30 heavy (non-hydrogen) atoms. The number of benzene rings is 1. The lowest BCUT2D eigenvalue weighted by atomic mass is 9.91. The summed E-state index contributed by atoms with van der Waals surface area (Å²) < 4.78 is 20.9. The number of nitrogens with zero attached hydrogens (tertiary/aromatic N) is 4. The molecule has 0 radical (unpaired) electrons. The average Bonchev–Trinajstić information content (AvgIpc) is 2.74. The molecule has 0 spiro atoms. The summed E-state index contributed by atoms with van der Waals surface area (Å²) in [6, 6.07) is 11.2. The lowest BCUT2D eigenvalue weighted by molar-refractivity contribution is 0.107. The second-order valence-corrected chi connectivity index (χ2v) is 7.90. The predicted octanol–water partition coefficient (Wildman–Crippen LogP) is 4.31. The van der Waals surface area contributed by atoms with Crippen LogP contribution in [0.5, 0.6) is 5.75 Å². The Morgan fingerprint density at radius 1 is 1.20 bits per heavy atom. The van der Waals surface area contributed by atoms with Crippen molar-refractivity contribution >= 4 is 22.5 Å². The van der Waals surface area contributed by atoms with Crippen LogP contribution in [-0.4, -0.2) is 28.2 Å². The summed E-state index contributed by atoms with van der Waals surface area (Å²) in [5.74, 6) is 0.839. The number of ether oxygens (including phenoxy) is 1. The normalized spacial score (nSPS) is 21.4. The van der Waals surface area contributed by atoms with Crippen LogP contribution in [-0.2, 0) is 7.05 Å². The molecule has 1 aromatic carbocycles. The number of aryl methyl sites for hydroxylation is 1. The Bertz CT molecular complexity index is 1180. The molecule has 4 rings (SSSR count). The van der Waals surface area contributed by atoms with Gasteiger partial charge < -0.3 is 19.0 Å². The van der Waals surface area contributed by atoms with Crippen molar-refractivity contribution in [3.63, 3.8) is 0 Å².